The van der Waals surface area contributed by atoms with Crippen molar-refractivity contribution in [3.05, 3.63) is 0 Å². The molecule has 0 aromatic carbocycles. The third-order valence-corrected chi connectivity index (χ3v) is 4.00. The summed E-state index contributed by atoms with van der Waals surface area (Å²) in [5, 5.41) is 15.2. The smallest absolute Gasteiger partial charge is 0.237 e. The van der Waals surface area contributed by atoms with Crippen LogP contribution in [0.2, 0.25) is 0 Å². The zero-order valence-corrected chi connectivity index (χ0v) is 14.8. The molecule has 25 heavy (non-hydrogen) atoms. The summed E-state index contributed by atoms with van der Waals surface area (Å²) < 4.78 is 0. The molecule has 4 atom stereocenters. The fraction of sp³-hybridized carbons (Fsp3) is 0.750. The average molecular weight is 355 g/mol. The maximum Gasteiger partial charge on any atom is 0.237 e. The fourth-order valence-electron chi connectivity index (χ4n) is 2.66. The van der Waals surface area contributed by atoms with Crippen LogP contribution in [0.15, 0.2) is 4.99 Å². The summed E-state index contributed by atoms with van der Waals surface area (Å²) in [4.78, 5) is 39.1. The number of guanidine groups is 1. The van der Waals surface area contributed by atoms with Crippen LogP contribution in [0.4, 0.5) is 0 Å². The minimum Gasteiger partial charge on any atom is -0.391 e. The number of nitrogens with two attached hydrogens (primary N) is 2. The van der Waals surface area contributed by atoms with Gasteiger partial charge in [-0.25, -0.2) is 0 Å². The Bertz CT molecular complexity index is 505. The zero-order valence-electron chi connectivity index (χ0n) is 14.8. The van der Waals surface area contributed by atoms with Gasteiger partial charge in [-0.1, -0.05) is 13.8 Å². The van der Waals surface area contributed by atoms with E-state index in [9.17, 15) is 19.5 Å². The van der Waals surface area contributed by atoms with Crippen molar-refractivity contribution in [2.24, 2.45) is 22.4 Å². The molecule has 1 rings (SSSR count). The van der Waals surface area contributed by atoms with Crippen LogP contribution in [0.25, 0.3) is 0 Å². The van der Waals surface area contributed by atoms with E-state index < -0.39 is 24.2 Å². The van der Waals surface area contributed by atoms with E-state index in [1.165, 1.54) is 0 Å². The highest BCUT2D eigenvalue weighted by Crippen LogP contribution is 2.17. The van der Waals surface area contributed by atoms with Crippen LogP contribution < -0.4 is 22.1 Å². The lowest BCUT2D eigenvalue weighted by Gasteiger charge is -2.34. The van der Waals surface area contributed by atoms with Crippen molar-refractivity contribution >= 4 is 23.9 Å². The fourth-order valence-corrected chi connectivity index (χ4v) is 2.66. The third kappa shape index (κ3) is 7.18. The Morgan fingerprint density at radius 1 is 1.44 bits per heavy atom. The van der Waals surface area contributed by atoms with Crippen LogP contribution in [0, 0.1) is 5.92 Å². The van der Waals surface area contributed by atoms with Gasteiger partial charge >= 0.3 is 0 Å². The Morgan fingerprint density at radius 3 is 2.60 bits per heavy atom. The normalized spacial score (nSPS) is 22.0. The Hall–Kier alpha value is -2.00. The van der Waals surface area contributed by atoms with Crippen molar-refractivity contribution in [2.45, 2.75) is 63.8 Å². The van der Waals surface area contributed by atoms with Crippen molar-refractivity contribution in [2.75, 3.05) is 6.54 Å². The first-order chi connectivity index (χ1) is 11.7. The third-order valence-electron chi connectivity index (χ3n) is 4.00. The van der Waals surface area contributed by atoms with Gasteiger partial charge in [0.05, 0.1) is 24.2 Å². The number of ketones is 1. The molecule has 1 saturated carbocycles. The maximum absolute atomic E-state index is 12.5. The standard InChI is InChI=1S/C16H29N5O4/c1-9(2)6-10(8-22)20-15(25)11(4-3-5-19-16(17)18)21-14-12(23)7-13(14)24/h8-12,14,21,23H,3-7H2,1-2H3,(H,20,25)(H4,17,18,19)/t10-,11-,12-,14?/m1/s1. The number of nitrogens with one attached hydrogen (secondary N) is 2. The minimum absolute atomic E-state index is 0.0310. The summed E-state index contributed by atoms with van der Waals surface area (Å²) in [5.41, 5.74) is 10.5. The number of aldehydes is 1. The van der Waals surface area contributed by atoms with Gasteiger partial charge in [-0.2, -0.15) is 0 Å². The number of nitrogens with zero attached hydrogens (tertiary/aromatic N) is 1. The number of aliphatic hydroxyl groups is 1. The Balaban J connectivity index is 2.67. The molecular weight excluding hydrogens is 326 g/mol. The predicted molar refractivity (Wildman–Crippen MR) is 93.7 cm³/mol. The van der Waals surface area contributed by atoms with E-state index in [1.807, 2.05) is 13.8 Å². The Labute approximate surface area is 147 Å². The van der Waals surface area contributed by atoms with Gasteiger partial charge in [0.1, 0.15) is 6.29 Å². The van der Waals surface area contributed by atoms with Crippen molar-refractivity contribution in [1.29, 1.82) is 0 Å². The molecule has 1 aliphatic carbocycles. The van der Waals surface area contributed by atoms with E-state index in [1.54, 1.807) is 0 Å². The molecule has 0 heterocycles. The van der Waals surface area contributed by atoms with E-state index in [0.717, 1.165) is 0 Å². The molecule has 0 bridgehead atoms. The second-order valence-corrected chi connectivity index (χ2v) is 6.76. The summed E-state index contributed by atoms with van der Waals surface area (Å²) in [7, 11) is 0. The van der Waals surface area contributed by atoms with E-state index >= 15 is 0 Å². The van der Waals surface area contributed by atoms with Crippen LogP contribution in [0.1, 0.15) is 39.5 Å². The monoisotopic (exact) mass is 355 g/mol. The summed E-state index contributed by atoms with van der Waals surface area (Å²) in [6, 6.07) is -2.05. The molecule has 7 N–H and O–H groups in total. The maximum atomic E-state index is 12.5. The quantitative estimate of drug-likeness (QED) is 0.129. The summed E-state index contributed by atoms with van der Waals surface area (Å²) in [6.07, 6.45) is 1.41. The van der Waals surface area contributed by atoms with Gasteiger partial charge in [0.25, 0.3) is 0 Å². The molecule has 0 aliphatic heterocycles. The molecule has 0 aromatic rings. The number of aliphatic imine (C=N–C) groups is 1. The number of rotatable bonds is 11. The number of aliphatic hydroxyl groups excluding tert-OH is 1. The number of hydrogen-bond acceptors (Lipinski definition) is 6. The molecular formula is C16H29N5O4. The summed E-state index contributed by atoms with van der Waals surface area (Å²) in [5.74, 6) is -0.298. The second kappa shape index (κ2) is 10.1. The van der Waals surface area contributed by atoms with Gasteiger partial charge in [-0.3, -0.25) is 19.9 Å². The van der Waals surface area contributed by atoms with Gasteiger partial charge < -0.3 is 26.7 Å². The topological polar surface area (TPSA) is 160 Å². The van der Waals surface area contributed by atoms with Crippen molar-refractivity contribution in [1.82, 2.24) is 10.6 Å². The summed E-state index contributed by atoms with van der Waals surface area (Å²) >= 11 is 0. The van der Waals surface area contributed by atoms with E-state index in [4.69, 9.17) is 11.5 Å². The number of Topliss-reactive ketones (excluding diaryl/α,β-unsaturated/α-hetero) is 1. The molecule has 9 heteroatoms. The lowest BCUT2D eigenvalue weighted by Crippen LogP contribution is -2.62. The Morgan fingerprint density at radius 2 is 2.12 bits per heavy atom. The number of amides is 1. The first kappa shape index (κ1) is 21.0. The number of carbonyl (C=O) groups excluding carboxylic acids is 3. The molecule has 1 amide bonds. The molecule has 0 radical (unpaired) electrons. The zero-order chi connectivity index (χ0) is 19.0. The summed E-state index contributed by atoms with van der Waals surface area (Å²) in [6.45, 7) is 4.26. The van der Waals surface area contributed by atoms with Gasteiger partial charge in [0.15, 0.2) is 11.7 Å². The van der Waals surface area contributed by atoms with Crippen molar-refractivity contribution < 1.29 is 19.5 Å². The molecule has 1 unspecified atom stereocenters. The number of hydrogen-bond donors (Lipinski definition) is 5. The van der Waals surface area contributed by atoms with Gasteiger partial charge in [0, 0.05) is 13.0 Å². The first-order valence-corrected chi connectivity index (χ1v) is 8.52. The molecule has 1 fully saturated rings. The van der Waals surface area contributed by atoms with Crippen LogP contribution in [0.5, 0.6) is 0 Å². The molecule has 142 valence electrons. The van der Waals surface area contributed by atoms with Gasteiger partial charge in [0.2, 0.25) is 5.91 Å². The lowest BCUT2D eigenvalue weighted by molar-refractivity contribution is -0.137. The number of carbonyl (C=O) groups is 3. The molecule has 0 saturated heterocycles. The SMILES string of the molecule is CC(C)C[C@H](C=O)NC(=O)[C@@H](CCCN=C(N)N)NC1C(=O)C[C@H]1O. The molecule has 9 nitrogen and oxygen atoms in total. The largest absolute Gasteiger partial charge is 0.391 e. The van der Waals surface area contributed by atoms with E-state index in [-0.39, 0.29) is 30.0 Å². The lowest BCUT2D eigenvalue weighted by atomic mass is 9.86. The molecule has 0 aromatic heterocycles. The van der Waals surface area contributed by atoms with Gasteiger partial charge in [-0.05, 0) is 25.2 Å². The van der Waals surface area contributed by atoms with Crippen LogP contribution in [0.3, 0.4) is 0 Å². The van der Waals surface area contributed by atoms with Crippen LogP contribution >= 0.6 is 0 Å². The molecule has 1 aliphatic rings. The van der Waals surface area contributed by atoms with Crippen molar-refractivity contribution in [3.63, 3.8) is 0 Å². The van der Waals surface area contributed by atoms with Gasteiger partial charge in [-0.15, -0.1) is 0 Å². The van der Waals surface area contributed by atoms with E-state index in [0.29, 0.717) is 32.1 Å². The predicted octanol–water partition coefficient (Wildman–Crippen LogP) is -1.57. The van der Waals surface area contributed by atoms with E-state index in [2.05, 4.69) is 15.6 Å². The van der Waals surface area contributed by atoms with Crippen molar-refractivity contribution in [3.8, 4) is 0 Å². The minimum atomic E-state index is -0.793. The van der Waals surface area contributed by atoms with Crippen LogP contribution in [-0.4, -0.2) is 59.8 Å². The van der Waals surface area contributed by atoms with Crippen LogP contribution in [-0.2, 0) is 14.4 Å². The second-order valence-electron chi connectivity index (χ2n) is 6.76. The Kier molecular flexibility index (Phi) is 8.50. The highest BCUT2D eigenvalue weighted by atomic mass is 16.3. The average Bonchev–Trinajstić information content (AvgIpc) is 2.52. The molecule has 0 spiro atoms. The highest BCUT2D eigenvalue weighted by molar-refractivity contribution is 5.92. The first-order valence-electron chi connectivity index (χ1n) is 8.52. The highest BCUT2D eigenvalue weighted by Gasteiger charge is 2.40.